The normalized spacial score (nSPS) is 12.1. The van der Waals surface area contributed by atoms with Crippen LogP contribution in [0.25, 0.3) is 0 Å². The number of ether oxygens (including phenoxy) is 1. The van der Waals surface area contributed by atoms with Crippen LogP contribution in [0, 0.1) is 0 Å². The fourth-order valence-electron chi connectivity index (χ4n) is 1.22. The van der Waals surface area contributed by atoms with E-state index >= 15 is 0 Å². The molecule has 0 saturated carbocycles. The highest BCUT2D eigenvalue weighted by Crippen LogP contribution is 2.21. The minimum Gasteiger partial charge on any atom is -0.368 e. The van der Waals surface area contributed by atoms with Gasteiger partial charge in [0.25, 0.3) is 6.43 Å². The molecule has 0 amide bonds. The first kappa shape index (κ1) is 13.7. The molecule has 1 aromatic rings. The summed E-state index contributed by atoms with van der Waals surface area (Å²) in [6.45, 7) is 5.70. The van der Waals surface area contributed by atoms with Gasteiger partial charge in [0.05, 0.1) is 6.42 Å². The SMILES string of the molecule is CCOC(C)(C)c1noc(CC(=O)C(F)F)n1. The number of rotatable bonds is 6. The largest absolute Gasteiger partial charge is 0.368 e. The summed E-state index contributed by atoms with van der Waals surface area (Å²) in [4.78, 5) is 14.7. The third kappa shape index (κ3) is 3.55. The van der Waals surface area contributed by atoms with Gasteiger partial charge in [0.1, 0.15) is 5.60 Å². The van der Waals surface area contributed by atoms with Crippen LogP contribution in [0.3, 0.4) is 0 Å². The van der Waals surface area contributed by atoms with E-state index in [2.05, 4.69) is 10.1 Å². The van der Waals surface area contributed by atoms with Crippen molar-refractivity contribution in [3.8, 4) is 0 Å². The van der Waals surface area contributed by atoms with Gasteiger partial charge < -0.3 is 9.26 Å². The first-order valence-electron chi connectivity index (χ1n) is 5.14. The van der Waals surface area contributed by atoms with E-state index in [0.717, 1.165) is 0 Å². The molecular weight excluding hydrogens is 234 g/mol. The third-order valence-electron chi connectivity index (χ3n) is 2.08. The van der Waals surface area contributed by atoms with Crippen LogP contribution in [0.15, 0.2) is 4.52 Å². The van der Waals surface area contributed by atoms with Crippen LogP contribution in [-0.4, -0.2) is 29.0 Å². The lowest BCUT2D eigenvalue weighted by Crippen LogP contribution is -2.23. The van der Waals surface area contributed by atoms with E-state index in [1.165, 1.54) is 0 Å². The molecule has 0 aliphatic carbocycles. The Balaban J connectivity index is 2.75. The molecule has 0 saturated heterocycles. The van der Waals surface area contributed by atoms with Gasteiger partial charge in [-0.3, -0.25) is 4.79 Å². The number of carbonyl (C=O) groups is 1. The van der Waals surface area contributed by atoms with E-state index in [0.29, 0.717) is 6.61 Å². The van der Waals surface area contributed by atoms with Crippen molar-refractivity contribution in [3.63, 3.8) is 0 Å². The summed E-state index contributed by atoms with van der Waals surface area (Å²) in [7, 11) is 0. The Morgan fingerprint density at radius 3 is 2.71 bits per heavy atom. The van der Waals surface area contributed by atoms with Crippen molar-refractivity contribution >= 4 is 5.78 Å². The van der Waals surface area contributed by atoms with Crippen molar-refractivity contribution in [1.82, 2.24) is 10.1 Å². The second kappa shape index (κ2) is 5.31. The molecule has 0 bridgehead atoms. The van der Waals surface area contributed by atoms with Crippen LogP contribution in [0.5, 0.6) is 0 Å². The van der Waals surface area contributed by atoms with Crippen LogP contribution < -0.4 is 0 Å². The quantitative estimate of drug-likeness (QED) is 0.766. The summed E-state index contributed by atoms with van der Waals surface area (Å²) in [6.07, 6.45) is -3.59. The minimum absolute atomic E-state index is 0.127. The van der Waals surface area contributed by atoms with Gasteiger partial charge in [-0.1, -0.05) is 5.16 Å². The van der Waals surface area contributed by atoms with Gasteiger partial charge in [-0.25, -0.2) is 8.78 Å². The summed E-state index contributed by atoms with van der Waals surface area (Å²) in [5.74, 6) is -1.14. The van der Waals surface area contributed by atoms with Crippen LogP contribution in [0.4, 0.5) is 8.78 Å². The summed E-state index contributed by atoms with van der Waals surface area (Å²) in [5.41, 5.74) is -0.773. The van der Waals surface area contributed by atoms with Gasteiger partial charge in [0.2, 0.25) is 17.5 Å². The second-order valence-corrected chi connectivity index (χ2v) is 3.90. The molecular formula is C10H14F2N2O3. The Bertz CT molecular complexity index is 391. The molecule has 1 rings (SSSR count). The molecule has 0 aromatic carbocycles. The van der Waals surface area contributed by atoms with Gasteiger partial charge in [0.15, 0.2) is 0 Å². The van der Waals surface area contributed by atoms with E-state index in [1.807, 2.05) is 6.92 Å². The molecule has 0 atom stereocenters. The van der Waals surface area contributed by atoms with E-state index in [1.54, 1.807) is 13.8 Å². The zero-order chi connectivity index (χ0) is 13.1. The maximum absolute atomic E-state index is 12.0. The number of hydrogen-bond donors (Lipinski definition) is 0. The Morgan fingerprint density at radius 1 is 1.53 bits per heavy atom. The summed E-state index contributed by atoms with van der Waals surface area (Å²) >= 11 is 0. The molecule has 1 heterocycles. The number of halogens is 2. The van der Waals surface area contributed by atoms with E-state index in [9.17, 15) is 13.6 Å². The monoisotopic (exact) mass is 248 g/mol. The Kier molecular flexibility index (Phi) is 4.28. The van der Waals surface area contributed by atoms with E-state index in [-0.39, 0.29) is 11.7 Å². The molecule has 0 spiro atoms. The van der Waals surface area contributed by atoms with Crippen molar-refractivity contribution in [1.29, 1.82) is 0 Å². The Hall–Kier alpha value is -1.37. The minimum atomic E-state index is -3.02. The number of aromatic nitrogens is 2. The zero-order valence-corrected chi connectivity index (χ0v) is 9.87. The topological polar surface area (TPSA) is 65.2 Å². The number of nitrogens with zero attached hydrogens (tertiary/aromatic N) is 2. The molecule has 5 nitrogen and oxygen atoms in total. The molecule has 1 aromatic heterocycles. The molecule has 7 heteroatoms. The van der Waals surface area contributed by atoms with Crippen LogP contribution in [-0.2, 0) is 21.6 Å². The van der Waals surface area contributed by atoms with Gasteiger partial charge in [-0.05, 0) is 20.8 Å². The van der Waals surface area contributed by atoms with Crippen LogP contribution in [0.1, 0.15) is 32.5 Å². The van der Waals surface area contributed by atoms with Gasteiger partial charge in [0, 0.05) is 6.61 Å². The highest BCUT2D eigenvalue weighted by atomic mass is 19.3. The van der Waals surface area contributed by atoms with E-state index in [4.69, 9.17) is 9.26 Å². The first-order chi connectivity index (χ1) is 7.86. The lowest BCUT2D eigenvalue weighted by atomic mass is 10.1. The second-order valence-electron chi connectivity index (χ2n) is 3.90. The maximum Gasteiger partial charge on any atom is 0.296 e. The van der Waals surface area contributed by atoms with Gasteiger partial charge >= 0.3 is 0 Å². The predicted molar refractivity (Wildman–Crippen MR) is 53.7 cm³/mol. The summed E-state index contributed by atoms with van der Waals surface area (Å²) in [5, 5.41) is 3.61. The number of alkyl halides is 2. The highest BCUT2D eigenvalue weighted by molar-refractivity contribution is 5.82. The highest BCUT2D eigenvalue weighted by Gasteiger charge is 2.28. The zero-order valence-electron chi connectivity index (χ0n) is 9.87. The van der Waals surface area contributed by atoms with Crippen LogP contribution >= 0.6 is 0 Å². The average molecular weight is 248 g/mol. The van der Waals surface area contributed by atoms with Crippen molar-refractivity contribution in [2.24, 2.45) is 0 Å². The number of carbonyl (C=O) groups excluding carboxylic acids is 1. The van der Waals surface area contributed by atoms with Gasteiger partial charge in [-0.15, -0.1) is 0 Å². The van der Waals surface area contributed by atoms with Crippen LogP contribution in [0.2, 0.25) is 0 Å². The van der Waals surface area contributed by atoms with Crippen molar-refractivity contribution in [2.45, 2.75) is 39.2 Å². The molecule has 96 valence electrons. The fraction of sp³-hybridized carbons (Fsp3) is 0.700. The van der Waals surface area contributed by atoms with E-state index < -0.39 is 24.2 Å². The Labute approximate surface area is 97.1 Å². The number of ketones is 1. The van der Waals surface area contributed by atoms with Gasteiger partial charge in [-0.2, -0.15) is 4.98 Å². The molecule has 0 aliphatic heterocycles. The van der Waals surface area contributed by atoms with Crippen molar-refractivity contribution in [3.05, 3.63) is 11.7 Å². The molecule has 0 N–H and O–H groups in total. The predicted octanol–water partition coefficient (Wildman–Crippen LogP) is 1.72. The first-order valence-corrected chi connectivity index (χ1v) is 5.14. The lowest BCUT2D eigenvalue weighted by Gasteiger charge is -2.19. The smallest absolute Gasteiger partial charge is 0.296 e. The molecule has 17 heavy (non-hydrogen) atoms. The molecule has 0 aliphatic rings. The summed E-state index contributed by atoms with van der Waals surface area (Å²) in [6, 6.07) is 0. The third-order valence-corrected chi connectivity index (χ3v) is 2.08. The average Bonchev–Trinajstić information content (AvgIpc) is 2.66. The Morgan fingerprint density at radius 2 is 2.18 bits per heavy atom. The molecule has 0 unspecified atom stereocenters. The maximum atomic E-state index is 12.0. The lowest BCUT2D eigenvalue weighted by molar-refractivity contribution is -0.129. The molecule has 0 fully saturated rings. The van der Waals surface area contributed by atoms with Crippen molar-refractivity contribution < 1.29 is 22.8 Å². The number of Topliss-reactive ketones (excluding diaryl/α,β-unsaturated/α-hetero) is 1. The molecule has 0 radical (unpaired) electrons. The summed E-state index contributed by atoms with van der Waals surface area (Å²) < 4.78 is 34.1. The number of hydrogen-bond acceptors (Lipinski definition) is 5. The fourth-order valence-corrected chi connectivity index (χ4v) is 1.22. The standard InChI is InChI=1S/C10H14F2N2O3/c1-4-16-10(2,3)9-13-7(17-14-9)5-6(15)8(11)12/h8H,4-5H2,1-3H3. The van der Waals surface area contributed by atoms with Crippen molar-refractivity contribution in [2.75, 3.05) is 6.61 Å².